The maximum absolute atomic E-state index is 12.4. The number of amides is 1. The summed E-state index contributed by atoms with van der Waals surface area (Å²) in [6, 6.07) is 10.3. The van der Waals surface area contributed by atoms with Gasteiger partial charge in [0, 0.05) is 67.5 Å². The Morgan fingerprint density at radius 3 is 2.71 bits per heavy atom. The molecule has 31 heavy (non-hydrogen) atoms. The molecule has 1 aliphatic heterocycles. The van der Waals surface area contributed by atoms with Gasteiger partial charge < -0.3 is 15.2 Å². The van der Waals surface area contributed by atoms with E-state index in [9.17, 15) is 4.79 Å². The lowest BCUT2D eigenvalue weighted by molar-refractivity contribution is -0.122. The number of para-hydroxylation sites is 1. The van der Waals surface area contributed by atoms with Crippen molar-refractivity contribution in [3.63, 3.8) is 0 Å². The Labute approximate surface area is 183 Å². The highest BCUT2D eigenvalue weighted by Crippen LogP contribution is 2.19. The molecule has 1 aromatic carbocycles. The average molecular weight is 421 g/mol. The van der Waals surface area contributed by atoms with Gasteiger partial charge in [-0.2, -0.15) is 0 Å². The first-order valence-corrected chi connectivity index (χ1v) is 11.1. The standard InChI is InChI=1S/C24H32N6O/c1-17(2)24-27-18(3)14-22(28-24)30-12-10-29(11-13-30)16-23(31)25-9-8-19-15-26-21-7-5-4-6-20(19)21/h4-7,14-15,17,26H,8-13,16H2,1-3H3,(H,25,31). The number of aryl methyl sites for hydroxylation is 1. The first kappa shape index (κ1) is 21.3. The van der Waals surface area contributed by atoms with Crippen molar-refractivity contribution in [2.75, 3.05) is 44.2 Å². The molecule has 164 valence electrons. The van der Waals surface area contributed by atoms with Gasteiger partial charge in [-0.15, -0.1) is 0 Å². The van der Waals surface area contributed by atoms with Crippen LogP contribution >= 0.6 is 0 Å². The van der Waals surface area contributed by atoms with Gasteiger partial charge in [-0.3, -0.25) is 9.69 Å². The SMILES string of the molecule is Cc1cc(N2CCN(CC(=O)NCCc3c[nH]c4ccccc34)CC2)nc(C(C)C)n1. The second kappa shape index (κ2) is 9.47. The zero-order valence-corrected chi connectivity index (χ0v) is 18.7. The number of carbonyl (C=O) groups is 1. The van der Waals surface area contributed by atoms with Crippen molar-refractivity contribution >= 4 is 22.6 Å². The number of aromatic amines is 1. The van der Waals surface area contributed by atoms with E-state index in [0.29, 0.717) is 19.0 Å². The quantitative estimate of drug-likeness (QED) is 0.615. The molecule has 7 heteroatoms. The fourth-order valence-electron chi connectivity index (χ4n) is 4.06. The minimum Gasteiger partial charge on any atom is -0.361 e. The van der Waals surface area contributed by atoms with Crippen LogP contribution in [0.2, 0.25) is 0 Å². The third kappa shape index (κ3) is 5.22. The molecule has 1 amide bonds. The Morgan fingerprint density at radius 2 is 1.94 bits per heavy atom. The summed E-state index contributed by atoms with van der Waals surface area (Å²) < 4.78 is 0. The predicted molar refractivity (Wildman–Crippen MR) is 125 cm³/mol. The third-order valence-corrected chi connectivity index (χ3v) is 5.83. The number of carbonyl (C=O) groups excluding carboxylic acids is 1. The summed E-state index contributed by atoms with van der Waals surface area (Å²) in [5.41, 5.74) is 3.39. The van der Waals surface area contributed by atoms with Gasteiger partial charge >= 0.3 is 0 Å². The van der Waals surface area contributed by atoms with E-state index in [1.807, 2.05) is 25.3 Å². The normalized spacial score (nSPS) is 15.0. The summed E-state index contributed by atoms with van der Waals surface area (Å²) >= 11 is 0. The number of H-pyrrole nitrogens is 1. The molecule has 1 saturated heterocycles. The average Bonchev–Trinajstić information content (AvgIpc) is 3.17. The Balaban J connectivity index is 1.23. The third-order valence-electron chi connectivity index (χ3n) is 5.83. The van der Waals surface area contributed by atoms with Crippen molar-refractivity contribution in [1.82, 2.24) is 25.2 Å². The van der Waals surface area contributed by atoms with Gasteiger partial charge in [0.2, 0.25) is 5.91 Å². The summed E-state index contributed by atoms with van der Waals surface area (Å²) in [4.78, 5) is 29.5. The van der Waals surface area contributed by atoms with E-state index >= 15 is 0 Å². The predicted octanol–water partition coefficient (Wildman–Crippen LogP) is 2.87. The van der Waals surface area contributed by atoms with Crippen LogP contribution in [0.1, 0.15) is 36.8 Å². The summed E-state index contributed by atoms with van der Waals surface area (Å²) in [6.45, 7) is 10.8. The molecule has 2 aromatic heterocycles. The second-order valence-electron chi connectivity index (χ2n) is 8.60. The van der Waals surface area contributed by atoms with Crippen molar-refractivity contribution in [1.29, 1.82) is 0 Å². The highest BCUT2D eigenvalue weighted by molar-refractivity contribution is 5.83. The molecule has 0 aliphatic carbocycles. The van der Waals surface area contributed by atoms with Crippen LogP contribution in [0.5, 0.6) is 0 Å². The van der Waals surface area contributed by atoms with Gasteiger partial charge in [0.25, 0.3) is 0 Å². The molecule has 0 saturated carbocycles. The van der Waals surface area contributed by atoms with Crippen LogP contribution in [-0.2, 0) is 11.2 Å². The van der Waals surface area contributed by atoms with Crippen LogP contribution in [0.25, 0.3) is 10.9 Å². The lowest BCUT2D eigenvalue weighted by Gasteiger charge is -2.35. The number of fused-ring (bicyclic) bond motifs is 1. The van der Waals surface area contributed by atoms with Crippen LogP contribution in [0, 0.1) is 6.92 Å². The fourth-order valence-corrected chi connectivity index (χ4v) is 4.06. The molecule has 2 N–H and O–H groups in total. The highest BCUT2D eigenvalue weighted by atomic mass is 16.2. The first-order chi connectivity index (χ1) is 15.0. The van der Waals surface area contributed by atoms with Crippen molar-refractivity contribution in [3.05, 3.63) is 53.6 Å². The van der Waals surface area contributed by atoms with E-state index in [-0.39, 0.29) is 5.91 Å². The number of nitrogens with one attached hydrogen (secondary N) is 2. The summed E-state index contributed by atoms with van der Waals surface area (Å²) in [7, 11) is 0. The molecule has 0 bridgehead atoms. The van der Waals surface area contributed by atoms with Crippen LogP contribution in [0.3, 0.4) is 0 Å². The van der Waals surface area contributed by atoms with E-state index in [4.69, 9.17) is 4.98 Å². The zero-order chi connectivity index (χ0) is 21.8. The van der Waals surface area contributed by atoms with Gasteiger partial charge in [0.1, 0.15) is 11.6 Å². The summed E-state index contributed by atoms with van der Waals surface area (Å²) in [5.74, 6) is 2.30. The van der Waals surface area contributed by atoms with E-state index in [2.05, 4.69) is 57.1 Å². The number of anilines is 1. The Bertz CT molecular complexity index is 1040. The van der Waals surface area contributed by atoms with Gasteiger partial charge in [-0.05, 0) is 25.0 Å². The van der Waals surface area contributed by atoms with Gasteiger partial charge in [0.15, 0.2) is 0 Å². The maximum Gasteiger partial charge on any atom is 0.234 e. The fraction of sp³-hybridized carbons (Fsp3) is 0.458. The molecule has 0 spiro atoms. The Morgan fingerprint density at radius 1 is 1.16 bits per heavy atom. The van der Waals surface area contributed by atoms with Crippen LogP contribution < -0.4 is 10.2 Å². The number of rotatable bonds is 7. The van der Waals surface area contributed by atoms with Crippen molar-refractivity contribution in [3.8, 4) is 0 Å². The second-order valence-corrected chi connectivity index (χ2v) is 8.60. The molecule has 7 nitrogen and oxygen atoms in total. The molecule has 1 aliphatic rings. The molecule has 4 rings (SSSR count). The minimum absolute atomic E-state index is 0.0910. The molecule has 3 heterocycles. The van der Waals surface area contributed by atoms with Crippen molar-refractivity contribution < 1.29 is 4.79 Å². The number of piperazine rings is 1. The van der Waals surface area contributed by atoms with E-state index in [1.165, 1.54) is 10.9 Å². The van der Waals surface area contributed by atoms with E-state index in [1.54, 1.807) is 0 Å². The number of hydrogen-bond acceptors (Lipinski definition) is 5. The van der Waals surface area contributed by atoms with Gasteiger partial charge in [-0.1, -0.05) is 32.0 Å². The monoisotopic (exact) mass is 420 g/mol. The van der Waals surface area contributed by atoms with Crippen molar-refractivity contribution in [2.45, 2.75) is 33.1 Å². The molecular weight excluding hydrogens is 388 g/mol. The molecule has 3 aromatic rings. The number of aromatic nitrogens is 3. The Kier molecular flexibility index (Phi) is 6.51. The largest absolute Gasteiger partial charge is 0.361 e. The first-order valence-electron chi connectivity index (χ1n) is 11.1. The van der Waals surface area contributed by atoms with Gasteiger partial charge in [-0.25, -0.2) is 9.97 Å². The molecule has 0 atom stereocenters. The number of hydrogen-bond donors (Lipinski definition) is 2. The van der Waals surface area contributed by atoms with Crippen LogP contribution in [-0.4, -0.2) is 65.0 Å². The van der Waals surface area contributed by atoms with E-state index < -0.39 is 0 Å². The lowest BCUT2D eigenvalue weighted by Crippen LogP contribution is -2.50. The van der Waals surface area contributed by atoms with Crippen molar-refractivity contribution in [2.24, 2.45) is 0 Å². The van der Waals surface area contributed by atoms with Gasteiger partial charge in [0.05, 0.1) is 6.54 Å². The van der Waals surface area contributed by atoms with Crippen LogP contribution in [0.4, 0.5) is 5.82 Å². The molecule has 0 unspecified atom stereocenters. The smallest absolute Gasteiger partial charge is 0.234 e. The summed E-state index contributed by atoms with van der Waals surface area (Å²) in [5, 5.41) is 4.30. The molecule has 1 fully saturated rings. The van der Waals surface area contributed by atoms with E-state index in [0.717, 1.165) is 55.5 Å². The number of nitrogens with zero attached hydrogens (tertiary/aromatic N) is 4. The molecular formula is C24H32N6O. The topological polar surface area (TPSA) is 77.1 Å². The lowest BCUT2D eigenvalue weighted by atomic mass is 10.1. The number of benzene rings is 1. The Hall–Kier alpha value is -2.93. The maximum atomic E-state index is 12.4. The molecule has 0 radical (unpaired) electrons. The minimum atomic E-state index is 0.0910. The zero-order valence-electron chi connectivity index (χ0n) is 18.7. The highest BCUT2D eigenvalue weighted by Gasteiger charge is 2.21. The summed E-state index contributed by atoms with van der Waals surface area (Å²) in [6.07, 6.45) is 2.87. The van der Waals surface area contributed by atoms with Crippen LogP contribution in [0.15, 0.2) is 36.5 Å².